The molecule has 3 heterocycles. The number of anilines is 1. The SMILES string of the molecule is Cc1cccc(NC(=O)CCN2C(=S)NC(c3ccccn3)C2c2cc(C)n(-c3cccc(C)c3)c2C)c1. The van der Waals surface area contributed by atoms with Crippen LogP contribution in [0.3, 0.4) is 0 Å². The molecule has 2 unspecified atom stereocenters. The van der Waals surface area contributed by atoms with E-state index in [0.717, 1.165) is 34.0 Å². The first-order valence-corrected chi connectivity index (χ1v) is 13.3. The van der Waals surface area contributed by atoms with Gasteiger partial charge in [-0.15, -0.1) is 0 Å². The van der Waals surface area contributed by atoms with Crippen molar-refractivity contribution in [3.8, 4) is 5.69 Å². The van der Waals surface area contributed by atoms with Gasteiger partial charge in [0.05, 0.1) is 17.8 Å². The number of aryl methyl sites for hydroxylation is 3. The van der Waals surface area contributed by atoms with E-state index < -0.39 is 0 Å². The predicted octanol–water partition coefficient (Wildman–Crippen LogP) is 6.11. The smallest absolute Gasteiger partial charge is 0.226 e. The summed E-state index contributed by atoms with van der Waals surface area (Å²) >= 11 is 5.84. The van der Waals surface area contributed by atoms with Crippen molar-refractivity contribution in [2.45, 2.75) is 46.2 Å². The Morgan fingerprint density at radius 2 is 1.74 bits per heavy atom. The minimum Gasteiger partial charge on any atom is -0.352 e. The molecule has 1 saturated heterocycles. The molecule has 2 atom stereocenters. The summed E-state index contributed by atoms with van der Waals surface area (Å²) in [5, 5.41) is 7.17. The van der Waals surface area contributed by atoms with Crippen molar-refractivity contribution in [2.24, 2.45) is 0 Å². The highest BCUT2D eigenvalue weighted by Gasteiger charge is 2.41. The van der Waals surface area contributed by atoms with Crippen LogP contribution in [0.25, 0.3) is 5.69 Å². The zero-order valence-electron chi connectivity index (χ0n) is 22.2. The molecule has 38 heavy (non-hydrogen) atoms. The van der Waals surface area contributed by atoms with Gasteiger partial charge >= 0.3 is 0 Å². The molecule has 1 amide bonds. The molecular formula is C31H33N5OS. The maximum absolute atomic E-state index is 12.9. The number of nitrogens with zero attached hydrogens (tertiary/aromatic N) is 3. The van der Waals surface area contributed by atoms with Gasteiger partial charge in [-0.2, -0.15) is 0 Å². The van der Waals surface area contributed by atoms with Gasteiger partial charge in [0.2, 0.25) is 5.91 Å². The molecule has 2 aromatic carbocycles. The standard InChI is InChI=1S/C31H33N5OS/c1-20-9-7-11-24(17-20)33-28(37)14-16-35-30(29(34-31(35)38)27-13-5-6-15-32-27)26-19-22(3)36(23(26)4)25-12-8-10-21(2)18-25/h5-13,15,17-19,29-30H,14,16H2,1-4H3,(H,33,37)(H,34,38). The number of hydrogen-bond acceptors (Lipinski definition) is 3. The fourth-order valence-electron chi connectivity index (χ4n) is 5.40. The maximum Gasteiger partial charge on any atom is 0.226 e. The van der Waals surface area contributed by atoms with Crippen molar-refractivity contribution in [1.82, 2.24) is 19.8 Å². The highest BCUT2D eigenvalue weighted by Crippen LogP contribution is 2.41. The summed E-state index contributed by atoms with van der Waals surface area (Å²) in [5.74, 6) is -0.0383. The summed E-state index contributed by atoms with van der Waals surface area (Å²) in [6.07, 6.45) is 2.13. The number of thiocarbonyl (C=S) groups is 1. The molecule has 1 aliphatic rings. The lowest BCUT2D eigenvalue weighted by Gasteiger charge is -2.28. The first-order chi connectivity index (χ1) is 18.3. The second kappa shape index (κ2) is 10.8. The van der Waals surface area contributed by atoms with Crippen molar-refractivity contribution >= 4 is 28.9 Å². The lowest BCUT2D eigenvalue weighted by Crippen LogP contribution is -2.32. The van der Waals surface area contributed by atoms with E-state index in [1.54, 1.807) is 0 Å². The van der Waals surface area contributed by atoms with Crippen LogP contribution in [0.5, 0.6) is 0 Å². The number of amides is 1. The van der Waals surface area contributed by atoms with Gasteiger partial charge in [-0.1, -0.05) is 30.3 Å². The van der Waals surface area contributed by atoms with Gasteiger partial charge in [0.25, 0.3) is 0 Å². The van der Waals surface area contributed by atoms with Crippen LogP contribution >= 0.6 is 12.2 Å². The molecule has 5 rings (SSSR count). The summed E-state index contributed by atoms with van der Waals surface area (Å²) in [6, 6.07) is 24.3. The highest BCUT2D eigenvalue weighted by atomic mass is 32.1. The van der Waals surface area contributed by atoms with E-state index >= 15 is 0 Å². The monoisotopic (exact) mass is 523 g/mol. The van der Waals surface area contributed by atoms with Crippen molar-refractivity contribution < 1.29 is 4.79 Å². The van der Waals surface area contributed by atoms with E-state index in [4.69, 9.17) is 12.2 Å². The molecular weight excluding hydrogens is 490 g/mol. The number of pyridine rings is 1. The number of carbonyl (C=O) groups is 1. The van der Waals surface area contributed by atoms with Gasteiger partial charge in [0.15, 0.2) is 5.11 Å². The van der Waals surface area contributed by atoms with Crippen LogP contribution in [-0.4, -0.2) is 32.0 Å². The van der Waals surface area contributed by atoms with Gasteiger partial charge in [0, 0.05) is 41.9 Å². The number of carbonyl (C=O) groups excluding carboxylic acids is 1. The molecule has 0 radical (unpaired) electrons. The minimum atomic E-state index is -0.130. The highest BCUT2D eigenvalue weighted by molar-refractivity contribution is 7.80. The van der Waals surface area contributed by atoms with E-state index in [1.807, 2.05) is 55.6 Å². The van der Waals surface area contributed by atoms with Crippen LogP contribution in [-0.2, 0) is 4.79 Å². The number of benzene rings is 2. The zero-order chi connectivity index (χ0) is 26.8. The van der Waals surface area contributed by atoms with E-state index in [9.17, 15) is 4.79 Å². The third-order valence-electron chi connectivity index (χ3n) is 7.13. The van der Waals surface area contributed by atoms with E-state index in [0.29, 0.717) is 18.1 Å². The van der Waals surface area contributed by atoms with Crippen LogP contribution in [0.1, 0.15) is 52.3 Å². The Labute approximate surface area is 229 Å². The second-order valence-electron chi connectivity index (χ2n) is 9.99. The van der Waals surface area contributed by atoms with Crippen LogP contribution in [0.15, 0.2) is 79.0 Å². The Morgan fingerprint density at radius 3 is 2.45 bits per heavy atom. The Kier molecular flexibility index (Phi) is 7.29. The van der Waals surface area contributed by atoms with Crippen LogP contribution in [0, 0.1) is 27.7 Å². The Balaban J connectivity index is 1.47. The lowest BCUT2D eigenvalue weighted by atomic mass is 9.96. The van der Waals surface area contributed by atoms with Gasteiger partial charge in [-0.25, -0.2) is 0 Å². The molecule has 0 bridgehead atoms. The van der Waals surface area contributed by atoms with E-state index in [2.05, 4.69) is 76.2 Å². The molecule has 6 nitrogen and oxygen atoms in total. The summed E-state index contributed by atoms with van der Waals surface area (Å²) in [4.78, 5) is 19.7. The minimum absolute atomic E-state index is 0.0383. The largest absolute Gasteiger partial charge is 0.352 e. The predicted molar refractivity (Wildman–Crippen MR) is 157 cm³/mol. The molecule has 0 saturated carbocycles. The van der Waals surface area contributed by atoms with Gasteiger partial charge in [0.1, 0.15) is 0 Å². The van der Waals surface area contributed by atoms with Gasteiger partial charge in [-0.3, -0.25) is 9.78 Å². The van der Waals surface area contributed by atoms with E-state index in [-0.39, 0.29) is 18.0 Å². The molecule has 194 valence electrons. The molecule has 4 aromatic rings. The normalized spacial score (nSPS) is 16.9. The van der Waals surface area contributed by atoms with Crippen LogP contribution < -0.4 is 10.6 Å². The van der Waals surface area contributed by atoms with Gasteiger partial charge in [-0.05, 0) is 99.1 Å². The van der Waals surface area contributed by atoms with Crippen molar-refractivity contribution in [3.05, 3.63) is 113 Å². The molecule has 0 aliphatic carbocycles. The number of hydrogen-bond donors (Lipinski definition) is 2. The average Bonchev–Trinajstić information content (AvgIpc) is 3.37. The Hall–Kier alpha value is -3.97. The fraction of sp³-hybridized carbons (Fsp3) is 0.258. The van der Waals surface area contributed by atoms with Crippen molar-refractivity contribution in [3.63, 3.8) is 0 Å². The van der Waals surface area contributed by atoms with Crippen molar-refractivity contribution in [1.29, 1.82) is 0 Å². The quantitative estimate of drug-likeness (QED) is 0.286. The number of nitrogens with one attached hydrogen (secondary N) is 2. The first kappa shape index (κ1) is 25.7. The third-order valence-corrected chi connectivity index (χ3v) is 7.48. The molecule has 1 fully saturated rings. The van der Waals surface area contributed by atoms with Crippen molar-refractivity contribution in [2.75, 3.05) is 11.9 Å². The second-order valence-corrected chi connectivity index (χ2v) is 10.4. The summed E-state index contributed by atoms with van der Waals surface area (Å²) in [5.41, 5.74) is 8.67. The summed E-state index contributed by atoms with van der Waals surface area (Å²) < 4.78 is 2.29. The maximum atomic E-state index is 12.9. The lowest BCUT2D eigenvalue weighted by molar-refractivity contribution is -0.116. The summed E-state index contributed by atoms with van der Waals surface area (Å²) in [6.45, 7) is 8.91. The van der Waals surface area contributed by atoms with Crippen LogP contribution in [0.2, 0.25) is 0 Å². The topological polar surface area (TPSA) is 62.2 Å². The molecule has 1 aliphatic heterocycles. The number of aromatic nitrogens is 2. The molecule has 0 spiro atoms. The molecule has 2 N–H and O–H groups in total. The number of rotatable bonds is 7. The zero-order valence-corrected chi connectivity index (χ0v) is 23.0. The first-order valence-electron chi connectivity index (χ1n) is 12.9. The van der Waals surface area contributed by atoms with Gasteiger partial charge < -0.3 is 20.1 Å². The molecule has 7 heteroatoms. The fourth-order valence-corrected chi connectivity index (χ4v) is 5.74. The Bertz CT molecular complexity index is 1480. The van der Waals surface area contributed by atoms with E-state index in [1.165, 1.54) is 11.1 Å². The average molecular weight is 524 g/mol. The van der Waals surface area contributed by atoms with Crippen LogP contribution in [0.4, 0.5) is 5.69 Å². The molecule has 2 aromatic heterocycles. The summed E-state index contributed by atoms with van der Waals surface area (Å²) in [7, 11) is 0. The third kappa shape index (κ3) is 5.20. The Morgan fingerprint density at radius 1 is 0.974 bits per heavy atom.